The van der Waals surface area contributed by atoms with E-state index < -0.39 is 18.1 Å². The van der Waals surface area contributed by atoms with E-state index in [4.69, 9.17) is 5.11 Å². The zero-order valence-electron chi connectivity index (χ0n) is 9.42. The molecular formula is C10H7N5O3S. The van der Waals surface area contributed by atoms with E-state index in [2.05, 4.69) is 15.3 Å². The van der Waals surface area contributed by atoms with Crippen molar-refractivity contribution in [1.82, 2.24) is 24.4 Å². The summed E-state index contributed by atoms with van der Waals surface area (Å²) in [5, 5.41) is 22.2. The van der Waals surface area contributed by atoms with Crippen LogP contribution in [-0.4, -0.2) is 35.5 Å². The predicted molar refractivity (Wildman–Crippen MR) is 66.0 cm³/mol. The first-order valence-corrected chi connectivity index (χ1v) is 6.11. The van der Waals surface area contributed by atoms with Crippen LogP contribution in [0.5, 0.6) is 0 Å². The molecule has 96 valence electrons. The van der Waals surface area contributed by atoms with Crippen molar-refractivity contribution in [2.45, 2.75) is 6.54 Å². The number of hydrogen-bond donors (Lipinski definition) is 1. The van der Waals surface area contributed by atoms with E-state index in [1.54, 1.807) is 12.1 Å². The first-order valence-electron chi connectivity index (χ1n) is 5.23. The Kier molecular flexibility index (Phi) is 2.60. The maximum Gasteiger partial charge on any atom is 0.323 e. The number of nitrogens with zero attached hydrogens (tertiary/aromatic N) is 5. The highest BCUT2D eigenvalue weighted by molar-refractivity contribution is 7.13. The zero-order valence-corrected chi connectivity index (χ0v) is 10.2. The summed E-state index contributed by atoms with van der Waals surface area (Å²) in [6, 6.07) is 3.54. The minimum atomic E-state index is -1.13. The van der Waals surface area contributed by atoms with Crippen LogP contribution < -0.4 is 5.56 Å². The molecule has 0 radical (unpaired) electrons. The van der Waals surface area contributed by atoms with Gasteiger partial charge in [-0.2, -0.15) is 9.61 Å². The normalized spacial score (nSPS) is 10.9. The SMILES string of the molecule is O=C(O)Cn1c(=O)c(-c2cccs2)nn2cnnc12. The van der Waals surface area contributed by atoms with Crippen molar-refractivity contribution in [2.75, 3.05) is 0 Å². The number of carbonyl (C=O) groups is 1. The molecule has 0 atom stereocenters. The highest BCUT2D eigenvalue weighted by Gasteiger charge is 2.16. The Hall–Kier alpha value is -2.55. The number of hydrogen-bond acceptors (Lipinski definition) is 6. The van der Waals surface area contributed by atoms with Gasteiger partial charge in [0.15, 0.2) is 5.69 Å². The van der Waals surface area contributed by atoms with Crippen LogP contribution >= 0.6 is 11.3 Å². The molecule has 0 fully saturated rings. The van der Waals surface area contributed by atoms with Crippen LogP contribution in [0.3, 0.4) is 0 Å². The fourth-order valence-corrected chi connectivity index (χ4v) is 2.39. The number of thiophene rings is 1. The summed E-state index contributed by atoms with van der Waals surface area (Å²) in [6.07, 6.45) is 1.32. The third kappa shape index (κ3) is 1.89. The highest BCUT2D eigenvalue weighted by Crippen LogP contribution is 2.19. The highest BCUT2D eigenvalue weighted by atomic mass is 32.1. The quantitative estimate of drug-likeness (QED) is 0.728. The summed E-state index contributed by atoms with van der Waals surface area (Å²) in [5.74, 6) is -1.02. The standard InChI is InChI=1S/C10H7N5O3S/c16-7(17)4-14-9(18)8(6-2-1-3-19-6)13-15-5-11-12-10(14)15/h1-3,5H,4H2,(H,16,17). The van der Waals surface area contributed by atoms with Gasteiger partial charge in [-0.25, -0.2) is 0 Å². The molecule has 0 aliphatic carbocycles. The van der Waals surface area contributed by atoms with Crippen molar-refractivity contribution in [2.24, 2.45) is 0 Å². The van der Waals surface area contributed by atoms with Crippen LogP contribution in [0.2, 0.25) is 0 Å². The molecule has 8 nitrogen and oxygen atoms in total. The molecule has 0 saturated carbocycles. The fraction of sp³-hybridized carbons (Fsp3) is 0.100. The van der Waals surface area contributed by atoms with Crippen molar-refractivity contribution in [3.05, 3.63) is 34.2 Å². The molecule has 0 unspecified atom stereocenters. The summed E-state index contributed by atoms with van der Waals surface area (Å²) in [4.78, 5) is 23.8. The van der Waals surface area contributed by atoms with Crippen LogP contribution in [0.15, 0.2) is 28.6 Å². The minimum Gasteiger partial charge on any atom is -0.480 e. The third-order valence-corrected chi connectivity index (χ3v) is 3.33. The number of rotatable bonds is 3. The first-order chi connectivity index (χ1) is 9.16. The van der Waals surface area contributed by atoms with Crippen LogP contribution in [0.1, 0.15) is 0 Å². The summed E-state index contributed by atoms with van der Waals surface area (Å²) in [5.41, 5.74) is -0.311. The number of aliphatic carboxylic acids is 1. The number of carboxylic acids is 1. The molecule has 0 saturated heterocycles. The smallest absolute Gasteiger partial charge is 0.323 e. The average molecular weight is 277 g/mol. The lowest BCUT2D eigenvalue weighted by molar-refractivity contribution is -0.137. The Morgan fingerprint density at radius 1 is 1.47 bits per heavy atom. The molecule has 19 heavy (non-hydrogen) atoms. The Morgan fingerprint density at radius 3 is 3.00 bits per heavy atom. The lowest BCUT2D eigenvalue weighted by Crippen LogP contribution is -2.28. The van der Waals surface area contributed by atoms with E-state index in [-0.39, 0.29) is 11.5 Å². The second-order valence-corrected chi connectivity index (χ2v) is 4.63. The van der Waals surface area contributed by atoms with Gasteiger partial charge in [-0.1, -0.05) is 6.07 Å². The van der Waals surface area contributed by atoms with Gasteiger partial charge in [0.05, 0.1) is 4.88 Å². The van der Waals surface area contributed by atoms with Gasteiger partial charge < -0.3 is 5.11 Å². The summed E-state index contributed by atoms with van der Waals surface area (Å²) >= 11 is 1.35. The lowest BCUT2D eigenvalue weighted by Gasteiger charge is -2.05. The van der Waals surface area contributed by atoms with Gasteiger partial charge >= 0.3 is 5.97 Å². The molecular weight excluding hydrogens is 270 g/mol. The van der Waals surface area contributed by atoms with Gasteiger partial charge in [-0.05, 0) is 11.4 Å². The van der Waals surface area contributed by atoms with Crippen molar-refractivity contribution >= 4 is 23.1 Å². The summed E-state index contributed by atoms with van der Waals surface area (Å²) in [7, 11) is 0. The summed E-state index contributed by atoms with van der Waals surface area (Å²) < 4.78 is 2.33. The Morgan fingerprint density at radius 2 is 2.32 bits per heavy atom. The van der Waals surface area contributed by atoms with E-state index in [9.17, 15) is 9.59 Å². The largest absolute Gasteiger partial charge is 0.480 e. The molecule has 0 aliphatic rings. The number of aromatic nitrogens is 5. The van der Waals surface area contributed by atoms with Gasteiger partial charge in [0.2, 0.25) is 0 Å². The Balaban J connectivity index is 2.33. The summed E-state index contributed by atoms with van der Waals surface area (Å²) in [6.45, 7) is -0.484. The van der Waals surface area contributed by atoms with Gasteiger partial charge in [-0.3, -0.25) is 14.2 Å². The van der Waals surface area contributed by atoms with Crippen molar-refractivity contribution in [3.8, 4) is 10.6 Å². The molecule has 0 aromatic carbocycles. The molecule has 0 aliphatic heterocycles. The molecule has 0 bridgehead atoms. The fourth-order valence-electron chi connectivity index (χ4n) is 1.69. The van der Waals surface area contributed by atoms with Gasteiger partial charge in [0.1, 0.15) is 12.9 Å². The third-order valence-electron chi connectivity index (χ3n) is 2.46. The molecule has 3 aromatic heterocycles. The van der Waals surface area contributed by atoms with Crippen molar-refractivity contribution < 1.29 is 9.90 Å². The molecule has 0 spiro atoms. The first kappa shape index (κ1) is 11.5. The topological polar surface area (TPSA) is 102 Å². The molecule has 9 heteroatoms. The van der Waals surface area contributed by atoms with E-state index >= 15 is 0 Å². The van der Waals surface area contributed by atoms with Crippen molar-refractivity contribution in [1.29, 1.82) is 0 Å². The monoisotopic (exact) mass is 277 g/mol. The predicted octanol–water partition coefficient (Wildman–Crippen LogP) is 0.0991. The zero-order chi connectivity index (χ0) is 13.4. The molecule has 0 amide bonds. The average Bonchev–Trinajstić information content (AvgIpc) is 3.01. The number of carboxylic acid groups (broad SMARTS) is 1. The van der Waals surface area contributed by atoms with Crippen LogP contribution in [0, 0.1) is 0 Å². The Labute approximate surface area is 109 Å². The molecule has 3 heterocycles. The maximum absolute atomic E-state index is 12.3. The van der Waals surface area contributed by atoms with E-state index in [1.807, 2.05) is 5.38 Å². The van der Waals surface area contributed by atoms with Crippen LogP contribution in [0.25, 0.3) is 16.3 Å². The lowest BCUT2D eigenvalue weighted by atomic mass is 10.3. The maximum atomic E-state index is 12.3. The second kappa shape index (κ2) is 4.28. The van der Waals surface area contributed by atoms with E-state index in [0.717, 1.165) is 4.57 Å². The molecule has 3 aromatic rings. The second-order valence-electron chi connectivity index (χ2n) is 3.69. The van der Waals surface area contributed by atoms with Crippen LogP contribution in [-0.2, 0) is 11.3 Å². The molecule has 3 rings (SSSR count). The molecule has 1 N–H and O–H groups in total. The van der Waals surface area contributed by atoms with Gasteiger partial charge in [0.25, 0.3) is 11.3 Å². The van der Waals surface area contributed by atoms with Crippen LogP contribution in [0.4, 0.5) is 0 Å². The Bertz CT molecular complexity index is 804. The van der Waals surface area contributed by atoms with E-state index in [1.165, 1.54) is 22.2 Å². The number of fused-ring (bicyclic) bond motifs is 1. The van der Waals surface area contributed by atoms with Gasteiger partial charge in [-0.15, -0.1) is 21.5 Å². The minimum absolute atomic E-state index is 0.104. The van der Waals surface area contributed by atoms with Crippen molar-refractivity contribution in [3.63, 3.8) is 0 Å². The van der Waals surface area contributed by atoms with E-state index in [0.29, 0.717) is 4.88 Å². The van der Waals surface area contributed by atoms with Gasteiger partial charge in [0, 0.05) is 0 Å².